The number of fused-ring (bicyclic) bond motifs is 2. The molecule has 2 nitrogen and oxygen atoms in total. The Morgan fingerprint density at radius 2 is 1.80 bits per heavy atom. The fourth-order valence-electron chi connectivity index (χ4n) is 2.11. The van der Waals surface area contributed by atoms with Crippen LogP contribution in [-0.2, 0) is 0 Å². The van der Waals surface area contributed by atoms with E-state index < -0.39 is 0 Å². The summed E-state index contributed by atoms with van der Waals surface area (Å²) in [6.45, 7) is 0.771. The van der Waals surface area contributed by atoms with Gasteiger partial charge in [0.05, 0.1) is 12.3 Å². The molecule has 0 fully saturated rings. The van der Waals surface area contributed by atoms with E-state index in [0.29, 0.717) is 0 Å². The van der Waals surface area contributed by atoms with Gasteiger partial charge in [0.2, 0.25) is 0 Å². The summed E-state index contributed by atoms with van der Waals surface area (Å²) < 4.78 is 5.85. The zero-order valence-electron chi connectivity index (χ0n) is 11.3. The van der Waals surface area contributed by atoms with Gasteiger partial charge in [-0.05, 0) is 42.9 Å². The molecule has 0 bridgehead atoms. The Kier molecular flexibility index (Phi) is 4.38. The van der Waals surface area contributed by atoms with Crippen LogP contribution in [0, 0.1) is 0 Å². The third kappa shape index (κ3) is 3.23. The monoisotopic (exact) mass is 283 g/mol. The summed E-state index contributed by atoms with van der Waals surface area (Å²) in [5.41, 5.74) is 2.07. The number of benzene rings is 2. The van der Waals surface area contributed by atoms with Crippen LogP contribution < -0.4 is 4.74 Å². The quantitative estimate of drug-likeness (QED) is 0.699. The highest BCUT2D eigenvalue weighted by atomic mass is 32.2. The van der Waals surface area contributed by atoms with E-state index in [1.807, 2.05) is 48.3 Å². The largest absolute Gasteiger partial charge is 0.493 e. The molecule has 20 heavy (non-hydrogen) atoms. The third-order valence-electron chi connectivity index (χ3n) is 3.18. The number of hydrogen-bond acceptors (Lipinski definition) is 3. The molecule has 0 atom stereocenters. The van der Waals surface area contributed by atoms with Crippen LogP contribution in [0.15, 0.2) is 58.4 Å². The van der Waals surface area contributed by atoms with E-state index in [1.54, 1.807) is 0 Å². The summed E-state index contributed by atoms with van der Waals surface area (Å²) >= 11 is 1.87. The highest BCUT2D eigenvalue weighted by Gasteiger charge is 2.05. The predicted octanol–water partition coefficient (Wildman–Crippen LogP) is 4.70. The van der Waals surface area contributed by atoms with E-state index in [-0.39, 0.29) is 0 Å². The Morgan fingerprint density at radius 3 is 2.80 bits per heavy atom. The van der Waals surface area contributed by atoms with E-state index >= 15 is 0 Å². The van der Waals surface area contributed by atoms with Crippen molar-refractivity contribution in [2.45, 2.75) is 17.7 Å². The van der Waals surface area contributed by atoms with Crippen LogP contribution in [0.2, 0.25) is 0 Å². The lowest BCUT2D eigenvalue weighted by molar-refractivity contribution is 0.309. The standard InChI is InChI=1S/C17H17NOS/c1-3-9-16-14(7-1)13-18-15-8-2-4-10-17(15)20-12-6-5-11-19-16/h1-4,7-10,13H,5-6,11-12H2. The van der Waals surface area contributed by atoms with Gasteiger partial charge in [-0.15, -0.1) is 11.8 Å². The minimum Gasteiger partial charge on any atom is -0.493 e. The Hall–Kier alpha value is -1.74. The zero-order chi connectivity index (χ0) is 13.6. The molecule has 0 saturated heterocycles. The van der Waals surface area contributed by atoms with Gasteiger partial charge in [0.15, 0.2) is 0 Å². The van der Waals surface area contributed by atoms with Gasteiger partial charge in [-0.2, -0.15) is 0 Å². The van der Waals surface area contributed by atoms with Gasteiger partial charge in [-0.1, -0.05) is 24.3 Å². The lowest BCUT2D eigenvalue weighted by Crippen LogP contribution is -2.01. The minimum absolute atomic E-state index is 0.771. The molecular weight excluding hydrogens is 266 g/mol. The second-order valence-electron chi connectivity index (χ2n) is 4.67. The Bertz CT molecular complexity index is 556. The van der Waals surface area contributed by atoms with Crippen LogP contribution in [0.25, 0.3) is 0 Å². The first-order valence-corrected chi connectivity index (χ1v) is 7.90. The summed E-state index contributed by atoms with van der Waals surface area (Å²) in [6.07, 6.45) is 4.14. The topological polar surface area (TPSA) is 21.6 Å². The summed E-state index contributed by atoms with van der Waals surface area (Å²) in [7, 11) is 0. The van der Waals surface area contributed by atoms with Crippen molar-refractivity contribution < 1.29 is 4.74 Å². The molecule has 3 rings (SSSR count). The minimum atomic E-state index is 0.771. The van der Waals surface area contributed by atoms with Crippen LogP contribution in [0.3, 0.4) is 0 Å². The Labute approximate surface area is 123 Å². The average Bonchev–Trinajstić information content (AvgIpc) is 2.49. The molecule has 0 N–H and O–H groups in total. The molecule has 1 aliphatic heterocycles. The van der Waals surface area contributed by atoms with Gasteiger partial charge >= 0.3 is 0 Å². The fraction of sp³-hybridized carbons (Fsp3) is 0.235. The molecule has 1 heterocycles. The smallest absolute Gasteiger partial charge is 0.128 e. The van der Waals surface area contributed by atoms with Gasteiger partial charge in [-0.25, -0.2) is 0 Å². The highest BCUT2D eigenvalue weighted by Crippen LogP contribution is 2.30. The van der Waals surface area contributed by atoms with Gasteiger partial charge in [0.25, 0.3) is 0 Å². The third-order valence-corrected chi connectivity index (χ3v) is 4.33. The highest BCUT2D eigenvalue weighted by molar-refractivity contribution is 7.99. The molecule has 2 aromatic carbocycles. The molecular formula is C17H17NOS. The van der Waals surface area contributed by atoms with Gasteiger partial charge in [0, 0.05) is 16.7 Å². The number of thioether (sulfide) groups is 1. The molecule has 1 aliphatic rings. The van der Waals surface area contributed by atoms with E-state index in [2.05, 4.69) is 23.2 Å². The fourth-order valence-corrected chi connectivity index (χ4v) is 3.12. The maximum Gasteiger partial charge on any atom is 0.128 e. The summed E-state index contributed by atoms with van der Waals surface area (Å²) in [6, 6.07) is 16.4. The van der Waals surface area contributed by atoms with Crippen LogP contribution >= 0.6 is 11.8 Å². The molecule has 0 radical (unpaired) electrons. The number of rotatable bonds is 0. The van der Waals surface area contributed by atoms with E-state index in [4.69, 9.17) is 4.74 Å². The van der Waals surface area contributed by atoms with Crippen molar-refractivity contribution >= 4 is 23.7 Å². The normalized spacial score (nSPS) is 15.2. The molecule has 102 valence electrons. The van der Waals surface area contributed by atoms with Crippen LogP contribution in [-0.4, -0.2) is 18.6 Å². The summed E-state index contributed by atoms with van der Waals surface area (Å²) in [4.78, 5) is 5.89. The Balaban J connectivity index is 1.97. The lowest BCUT2D eigenvalue weighted by atomic mass is 10.2. The summed E-state index contributed by atoms with van der Waals surface area (Å²) in [5.74, 6) is 2.03. The number of hydrogen-bond donors (Lipinski definition) is 0. The maximum absolute atomic E-state index is 5.85. The van der Waals surface area contributed by atoms with Crippen molar-refractivity contribution in [2.75, 3.05) is 12.4 Å². The van der Waals surface area contributed by atoms with Crippen molar-refractivity contribution in [3.05, 3.63) is 54.1 Å². The van der Waals surface area contributed by atoms with E-state index in [1.165, 1.54) is 4.90 Å². The van der Waals surface area contributed by atoms with Crippen LogP contribution in [0.1, 0.15) is 18.4 Å². The van der Waals surface area contributed by atoms with E-state index in [9.17, 15) is 0 Å². The molecule has 0 unspecified atom stereocenters. The van der Waals surface area contributed by atoms with Crippen molar-refractivity contribution in [2.24, 2.45) is 4.99 Å². The molecule has 0 amide bonds. The molecule has 0 aromatic heterocycles. The number of aliphatic imine (C=N–C) groups is 1. The first-order valence-electron chi connectivity index (χ1n) is 6.91. The predicted molar refractivity (Wildman–Crippen MR) is 85.6 cm³/mol. The molecule has 0 saturated carbocycles. The molecule has 0 aliphatic carbocycles. The first-order chi connectivity index (χ1) is 9.93. The van der Waals surface area contributed by atoms with Crippen molar-refractivity contribution in [3.8, 4) is 5.75 Å². The second-order valence-corrected chi connectivity index (χ2v) is 5.80. The number of para-hydroxylation sites is 2. The van der Waals surface area contributed by atoms with Gasteiger partial charge < -0.3 is 4.74 Å². The SMILES string of the molecule is C1=Nc2ccccc2SCCCCOc2ccccc21. The number of nitrogens with zero attached hydrogens (tertiary/aromatic N) is 1. The summed E-state index contributed by atoms with van der Waals surface area (Å²) in [5, 5.41) is 0. The lowest BCUT2D eigenvalue weighted by Gasteiger charge is -2.11. The average molecular weight is 283 g/mol. The van der Waals surface area contributed by atoms with Crippen molar-refractivity contribution in [3.63, 3.8) is 0 Å². The number of ether oxygens (including phenoxy) is 1. The Morgan fingerprint density at radius 1 is 0.950 bits per heavy atom. The molecule has 0 spiro atoms. The van der Waals surface area contributed by atoms with Crippen LogP contribution in [0.5, 0.6) is 5.75 Å². The maximum atomic E-state index is 5.85. The molecule has 2 aromatic rings. The van der Waals surface area contributed by atoms with Gasteiger partial charge in [-0.3, -0.25) is 4.99 Å². The van der Waals surface area contributed by atoms with Crippen molar-refractivity contribution in [1.29, 1.82) is 0 Å². The van der Waals surface area contributed by atoms with E-state index in [0.717, 1.165) is 42.2 Å². The van der Waals surface area contributed by atoms with Gasteiger partial charge in [0.1, 0.15) is 5.75 Å². The molecule has 3 heteroatoms. The van der Waals surface area contributed by atoms with Crippen LogP contribution in [0.4, 0.5) is 5.69 Å². The second kappa shape index (κ2) is 6.62. The zero-order valence-corrected chi connectivity index (χ0v) is 12.1. The first kappa shape index (κ1) is 13.3. The van der Waals surface area contributed by atoms with Crippen molar-refractivity contribution in [1.82, 2.24) is 0 Å².